The smallest absolute Gasteiger partial charge is 0.255 e. The first-order chi connectivity index (χ1) is 11.0. The molecular weight excluding hydrogens is 308 g/mol. The van der Waals surface area contributed by atoms with Crippen molar-refractivity contribution < 1.29 is 9.59 Å². The van der Waals surface area contributed by atoms with Gasteiger partial charge in [-0.25, -0.2) is 0 Å². The Morgan fingerprint density at radius 3 is 2.48 bits per heavy atom. The van der Waals surface area contributed by atoms with Crippen LogP contribution in [0, 0.1) is 0 Å². The molecule has 4 nitrogen and oxygen atoms in total. The van der Waals surface area contributed by atoms with Crippen molar-refractivity contribution in [2.24, 2.45) is 0 Å². The maximum absolute atomic E-state index is 12.4. The average molecular weight is 326 g/mol. The Balaban J connectivity index is 1.78. The summed E-state index contributed by atoms with van der Waals surface area (Å²) in [6, 6.07) is 12.7. The van der Waals surface area contributed by atoms with Gasteiger partial charge >= 0.3 is 0 Å². The molecule has 1 amide bonds. The summed E-state index contributed by atoms with van der Waals surface area (Å²) in [5.41, 5.74) is 3.05. The molecule has 0 bridgehead atoms. The van der Waals surface area contributed by atoms with Crippen LogP contribution in [0.15, 0.2) is 47.4 Å². The van der Waals surface area contributed by atoms with Crippen LogP contribution in [0.25, 0.3) is 0 Å². The van der Waals surface area contributed by atoms with Gasteiger partial charge in [0.2, 0.25) is 0 Å². The van der Waals surface area contributed by atoms with E-state index in [-0.39, 0.29) is 11.7 Å². The predicted octanol–water partition coefficient (Wildman–Crippen LogP) is 3.68. The van der Waals surface area contributed by atoms with Crippen molar-refractivity contribution in [3.63, 3.8) is 0 Å². The minimum atomic E-state index is -0.146. The van der Waals surface area contributed by atoms with Crippen LogP contribution in [0.5, 0.6) is 0 Å². The first kappa shape index (κ1) is 15.6. The molecule has 0 saturated heterocycles. The highest BCUT2D eigenvalue weighted by molar-refractivity contribution is 7.99. The molecule has 5 heteroatoms. The molecule has 2 aromatic rings. The lowest BCUT2D eigenvalue weighted by Crippen LogP contribution is -2.24. The zero-order valence-corrected chi connectivity index (χ0v) is 13.9. The summed E-state index contributed by atoms with van der Waals surface area (Å²) in [5, 5.41) is 2.87. The molecule has 0 spiro atoms. The molecule has 1 N–H and O–H groups in total. The number of Topliss-reactive ketones (excluding diaryl/α,β-unsaturated/α-hetero) is 1. The molecule has 1 aliphatic heterocycles. The second kappa shape index (κ2) is 6.46. The minimum absolute atomic E-state index is 0.0121. The number of fused-ring (bicyclic) bond motifs is 1. The highest BCUT2D eigenvalue weighted by Gasteiger charge is 2.16. The van der Waals surface area contributed by atoms with Crippen molar-refractivity contribution >= 4 is 34.8 Å². The second-order valence-corrected chi connectivity index (χ2v) is 6.68. The number of anilines is 2. The molecule has 1 heterocycles. The van der Waals surface area contributed by atoms with Crippen LogP contribution in [0.4, 0.5) is 11.4 Å². The van der Waals surface area contributed by atoms with Gasteiger partial charge < -0.3 is 10.2 Å². The van der Waals surface area contributed by atoms with Crippen LogP contribution in [0.1, 0.15) is 27.6 Å². The average Bonchev–Trinajstić information content (AvgIpc) is 2.55. The fourth-order valence-electron chi connectivity index (χ4n) is 2.48. The number of rotatable bonds is 3. The molecule has 23 heavy (non-hydrogen) atoms. The number of ketones is 1. The van der Waals surface area contributed by atoms with E-state index in [0.717, 1.165) is 18.0 Å². The van der Waals surface area contributed by atoms with E-state index in [1.165, 1.54) is 11.8 Å². The molecule has 3 rings (SSSR count). The number of benzene rings is 2. The van der Waals surface area contributed by atoms with Gasteiger partial charge in [0.05, 0.1) is 5.69 Å². The van der Waals surface area contributed by atoms with E-state index in [1.807, 2.05) is 37.0 Å². The summed E-state index contributed by atoms with van der Waals surface area (Å²) in [6.45, 7) is 2.50. The number of nitrogens with zero attached hydrogens (tertiary/aromatic N) is 1. The first-order valence-electron chi connectivity index (χ1n) is 7.45. The van der Waals surface area contributed by atoms with Gasteiger partial charge in [0.15, 0.2) is 5.78 Å². The Morgan fingerprint density at radius 2 is 1.78 bits per heavy atom. The van der Waals surface area contributed by atoms with Crippen molar-refractivity contribution in [2.75, 3.05) is 29.6 Å². The van der Waals surface area contributed by atoms with Gasteiger partial charge in [-0.3, -0.25) is 9.59 Å². The molecule has 0 fully saturated rings. The summed E-state index contributed by atoms with van der Waals surface area (Å²) >= 11 is 1.82. The molecule has 1 aliphatic rings. The molecule has 0 aromatic heterocycles. The lowest BCUT2D eigenvalue weighted by Gasteiger charge is -2.27. The van der Waals surface area contributed by atoms with Crippen LogP contribution < -0.4 is 10.2 Å². The highest BCUT2D eigenvalue weighted by atomic mass is 32.2. The lowest BCUT2D eigenvalue weighted by molar-refractivity contribution is 0.101. The van der Waals surface area contributed by atoms with Crippen molar-refractivity contribution in [3.8, 4) is 0 Å². The summed E-state index contributed by atoms with van der Waals surface area (Å²) in [7, 11) is 2.04. The number of carbonyl (C=O) groups excluding carboxylic acids is 2. The van der Waals surface area contributed by atoms with Crippen molar-refractivity contribution in [1.29, 1.82) is 0 Å². The molecule has 0 radical (unpaired) electrons. The maximum Gasteiger partial charge on any atom is 0.255 e. The monoisotopic (exact) mass is 326 g/mol. The van der Waals surface area contributed by atoms with Crippen LogP contribution in [0.2, 0.25) is 0 Å². The van der Waals surface area contributed by atoms with E-state index >= 15 is 0 Å². The molecule has 0 atom stereocenters. The topological polar surface area (TPSA) is 49.4 Å². The number of thioether (sulfide) groups is 1. The highest BCUT2D eigenvalue weighted by Crippen LogP contribution is 2.34. The van der Waals surface area contributed by atoms with Gasteiger partial charge in [-0.15, -0.1) is 11.8 Å². The normalized spacial score (nSPS) is 13.4. The Kier molecular flexibility index (Phi) is 4.39. The predicted molar refractivity (Wildman–Crippen MR) is 94.8 cm³/mol. The van der Waals surface area contributed by atoms with Crippen molar-refractivity contribution in [2.45, 2.75) is 11.8 Å². The molecule has 0 aliphatic carbocycles. The van der Waals surface area contributed by atoms with Crippen LogP contribution in [-0.4, -0.2) is 31.0 Å². The van der Waals surface area contributed by atoms with Crippen LogP contribution >= 0.6 is 11.8 Å². The number of hydrogen-bond donors (Lipinski definition) is 1. The third kappa shape index (κ3) is 3.40. The van der Waals surface area contributed by atoms with E-state index in [0.29, 0.717) is 16.8 Å². The van der Waals surface area contributed by atoms with E-state index in [1.54, 1.807) is 24.3 Å². The Morgan fingerprint density at radius 1 is 1.09 bits per heavy atom. The second-order valence-electron chi connectivity index (χ2n) is 5.54. The van der Waals surface area contributed by atoms with Crippen molar-refractivity contribution in [3.05, 3.63) is 53.6 Å². The maximum atomic E-state index is 12.4. The van der Waals surface area contributed by atoms with Gasteiger partial charge in [0.25, 0.3) is 5.91 Å². The SMILES string of the molecule is CC(=O)c1ccc(NC(=O)c2ccc3c(c2)N(C)CCS3)cc1. The Hall–Kier alpha value is -2.27. The number of hydrogen-bond acceptors (Lipinski definition) is 4. The zero-order valence-electron chi connectivity index (χ0n) is 13.1. The lowest BCUT2D eigenvalue weighted by atomic mass is 10.1. The number of carbonyl (C=O) groups is 2. The molecule has 0 saturated carbocycles. The number of amides is 1. The van der Waals surface area contributed by atoms with E-state index < -0.39 is 0 Å². The first-order valence-corrected chi connectivity index (χ1v) is 8.43. The summed E-state index contributed by atoms with van der Waals surface area (Å²) in [5.74, 6) is 0.933. The third-order valence-electron chi connectivity index (χ3n) is 3.87. The van der Waals surface area contributed by atoms with E-state index in [4.69, 9.17) is 0 Å². The Bertz CT molecular complexity index is 756. The summed E-state index contributed by atoms with van der Waals surface area (Å²) < 4.78 is 0. The van der Waals surface area contributed by atoms with E-state index in [9.17, 15) is 9.59 Å². The number of nitrogens with one attached hydrogen (secondary N) is 1. The van der Waals surface area contributed by atoms with Gasteiger partial charge in [-0.05, 0) is 49.4 Å². The molecular formula is C18H18N2O2S. The zero-order chi connectivity index (χ0) is 16.4. The van der Waals surface area contributed by atoms with Crippen molar-refractivity contribution in [1.82, 2.24) is 0 Å². The summed E-state index contributed by atoms with van der Waals surface area (Å²) in [4.78, 5) is 27.1. The third-order valence-corrected chi connectivity index (χ3v) is 4.91. The van der Waals surface area contributed by atoms with Gasteiger partial charge in [0.1, 0.15) is 0 Å². The fraction of sp³-hybridized carbons (Fsp3) is 0.222. The fourth-order valence-corrected chi connectivity index (χ4v) is 3.60. The standard InChI is InChI=1S/C18H18N2O2S/c1-12(21)13-3-6-15(7-4-13)19-18(22)14-5-8-17-16(11-14)20(2)9-10-23-17/h3-8,11H,9-10H2,1-2H3,(H,19,22). The quantitative estimate of drug-likeness (QED) is 0.874. The van der Waals surface area contributed by atoms with Gasteiger partial charge in [0, 0.05) is 41.1 Å². The molecule has 0 unspecified atom stereocenters. The van der Waals surface area contributed by atoms with E-state index in [2.05, 4.69) is 10.2 Å². The van der Waals surface area contributed by atoms with Crippen LogP contribution in [-0.2, 0) is 0 Å². The molecule has 118 valence electrons. The van der Waals surface area contributed by atoms with Crippen LogP contribution in [0.3, 0.4) is 0 Å². The Labute approximate surface area is 139 Å². The minimum Gasteiger partial charge on any atom is -0.373 e. The van der Waals surface area contributed by atoms with Gasteiger partial charge in [-0.2, -0.15) is 0 Å². The summed E-state index contributed by atoms with van der Waals surface area (Å²) in [6.07, 6.45) is 0. The van der Waals surface area contributed by atoms with Gasteiger partial charge in [-0.1, -0.05) is 0 Å². The molecule has 2 aromatic carbocycles. The largest absolute Gasteiger partial charge is 0.373 e.